The smallest absolute Gasteiger partial charge is 0.224 e. The number of likely N-dealkylation sites (tertiary alicyclic amines) is 1. The van der Waals surface area contributed by atoms with E-state index in [0.717, 1.165) is 38.2 Å². The lowest BCUT2D eigenvalue weighted by molar-refractivity contribution is -0.117. The van der Waals surface area contributed by atoms with Gasteiger partial charge in [0.05, 0.1) is 7.11 Å². The SMILES string of the molecule is COc1ccc(CN2CCC(N(C(C)=O)c3ccc(C)c(F)c3)CC2)cc1. The second kappa shape index (κ2) is 8.53. The van der Waals surface area contributed by atoms with Crippen LogP contribution in [0.2, 0.25) is 0 Å². The monoisotopic (exact) mass is 370 g/mol. The molecule has 0 radical (unpaired) electrons. The minimum atomic E-state index is -0.268. The van der Waals surface area contributed by atoms with Crippen LogP contribution in [0, 0.1) is 12.7 Å². The summed E-state index contributed by atoms with van der Waals surface area (Å²) < 4.78 is 19.2. The van der Waals surface area contributed by atoms with E-state index in [-0.39, 0.29) is 17.8 Å². The van der Waals surface area contributed by atoms with Crippen LogP contribution in [0.15, 0.2) is 42.5 Å². The summed E-state index contributed by atoms with van der Waals surface area (Å²) in [5.74, 6) is 0.558. The van der Waals surface area contributed by atoms with Crippen LogP contribution >= 0.6 is 0 Å². The molecule has 1 aliphatic rings. The first-order valence-corrected chi connectivity index (χ1v) is 9.39. The highest BCUT2D eigenvalue weighted by Gasteiger charge is 2.27. The topological polar surface area (TPSA) is 32.8 Å². The van der Waals surface area contributed by atoms with Gasteiger partial charge in [-0.05, 0) is 55.2 Å². The van der Waals surface area contributed by atoms with Crippen molar-refractivity contribution in [1.82, 2.24) is 4.90 Å². The van der Waals surface area contributed by atoms with Gasteiger partial charge in [0.15, 0.2) is 0 Å². The third-order valence-electron chi connectivity index (χ3n) is 5.26. The molecule has 0 unspecified atom stereocenters. The van der Waals surface area contributed by atoms with Crippen molar-refractivity contribution in [3.63, 3.8) is 0 Å². The zero-order valence-electron chi connectivity index (χ0n) is 16.2. The quantitative estimate of drug-likeness (QED) is 0.792. The molecule has 1 fully saturated rings. The van der Waals surface area contributed by atoms with Crippen molar-refractivity contribution in [2.24, 2.45) is 0 Å². The molecule has 0 atom stereocenters. The molecule has 2 aromatic rings. The van der Waals surface area contributed by atoms with Gasteiger partial charge in [0.1, 0.15) is 11.6 Å². The van der Waals surface area contributed by atoms with Crippen molar-refractivity contribution in [1.29, 1.82) is 0 Å². The summed E-state index contributed by atoms with van der Waals surface area (Å²) in [6, 6.07) is 13.3. The highest BCUT2D eigenvalue weighted by molar-refractivity contribution is 5.92. The molecule has 0 saturated carbocycles. The first kappa shape index (κ1) is 19.4. The minimum Gasteiger partial charge on any atom is -0.497 e. The zero-order valence-corrected chi connectivity index (χ0v) is 16.2. The molecule has 0 N–H and O–H groups in total. The van der Waals surface area contributed by atoms with Gasteiger partial charge in [0.2, 0.25) is 5.91 Å². The molecule has 1 heterocycles. The Labute approximate surface area is 160 Å². The maximum atomic E-state index is 14.0. The Hall–Kier alpha value is -2.40. The third-order valence-corrected chi connectivity index (χ3v) is 5.26. The van der Waals surface area contributed by atoms with E-state index >= 15 is 0 Å². The van der Waals surface area contributed by atoms with Gasteiger partial charge in [-0.25, -0.2) is 4.39 Å². The zero-order chi connectivity index (χ0) is 19.4. The first-order valence-electron chi connectivity index (χ1n) is 9.39. The fourth-order valence-corrected chi connectivity index (χ4v) is 3.71. The van der Waals surface area contributed by atoms with Crippen LogP contribution in [-0.4, -0.2) is 37.0 Å². The Morgan fingerprint density at radius 2 is 1.85 bits per heavy atom. The van der Waals surface area contributed by atoms with E-state index in [2.05, 4.69) is 17.0 Å². The average molecular weight is 370 g/mol. The van der Waals surface area contributed by atoms with E-state index in [1.807, 2.05) is 18.2 Å². The number of piperidine rings is 1. The second-order valence-corrected chi connectivity index (χ2v) is 7.18. The summed E-state index contributed by atoms with van der Waals surface area (Å²) in [5.41, 5.74) is 2.49. The number of hydrogen-bond acceptors (Lipinski definition) is 3. The lowest BCUT2D eigenvalue weighted by atomic mass is 10.0. The van der Waals surface area contributed by atoms with Crippen molar-refractivity contribution in [3.8, 4) is 5.75 Å². The molecule has 3 rings (SSSR count). The van der Waals surface area contributed by atoms with Gasteiger partial charge in [-0.2, -0.15) is 0 Å². The van der Waals surface area contributed by atoms with Crippen LogP contribution in [0.3, 0.4) is 0 Å². The van der Waals surface area contributed by atoms with Gasteiger partial charge in [-0.3, -0.25) is 9.69 Å². The number of nitrogens with zero attached hydrogens (tertiary/aromatic N) is 2. The van der Waals surface area contributed by atoms with E-state index in [9.17, 15) is 9.18 Å². The molecule has 5 heteroatoms. The standard InChI is InChI=1S/C22H27FN2O2/c1-16-4-7-20(14-22(16)23)25(17(2)26)19-10-12-24(13-11-19)15-18-5-8-21(27-3)9-6-18/h4-9,14,19H,10-13,15H2,1-3H3. The fourth-order valence-electron chi connectivity index (χ4n) is 3.71. The number of hydrogen-bond donors (Lipinski definition) is 0. The van der Waals surface area contributed by atoms with Gasteiger partial charge in [-0.1, -0.05) is 18.2 Å². The molecule has 2 aromatic carbocycles. The molecular weight excluding hydrogens is 343 g/mol. The van der Waals surface area contributed by atoms with Gasteiger partial charge in [-0.15, -0.1) is 0 Å². The van der Waals surface area contributed by atoms with E-state index < -0.39 is 0 Å². The number of benzene rings is 2. The van der Waals surface area contributed by atoms with Gasteiger partial charge in [0, 0.05) is 38.3 Å². The first-order chi connectivity index (χ1) is 13.0. The molecule has 1 saturated heterocycles. The Bertz CT molecular complexity index is 783. The molecule has 27 heavy (non-hydrogen) atoms. The molecule has 0 aromatic heterocycles. The lowest BCUT2D eigenvalue weighted by Crippen LogP contribution is -2.46. The predicted molar refractivity (Wildman–Crippen MR) is 106 cm³/mol. The number of halogens is 1. The van der Waals surface area contributed by atoms with Crippen molar-refractivity contribution < 1.29 is 13.9 Å². The highest BCUT2D eigenvalue weighted by Crippen LogP contribution is 2.26. The molecule has 4 nitrogen and oxygen atoms in total. The summed E-state index contributed by atoms with van der Waals surface area (Å²) in [7, 11) is 1.67. The lowest BCUT2D eigenvalue weighted by Gasteiger charge is -2.38. The van der Waals surface area contributed by atoms with Gasteiger partial charge < -0.3 is 9.64 Å². The van der Waals surface area contributed by atoms with Crippen molar-refractivity contribution in [3.05, 3.63) is 59.4 Å². The fraction of sp³-hybridized carbons (Fsp3) is 0.409. The molecule has 0 spiro atoms. The number of carbonyl (C=O) groups is 1. The Balaban J connectivity index is 1.63. The summed E-state index contributed by atoms with van der Waals surface area (Å²) in [6.07, 6.45) is 1.76. The number of rotatable bonds is 5. The molecule has 0 bridgehead atoms. The average Bonchev–Trinajstić information content (AvgIpc) is 2.66. The largest absolute Gasteiger partial charge is 0.497 e. The number of carbonyl (C=O) groups excluding carboxylic acids is 1. The normalized spacial score (nSPS) is 15.6. The summed E-state index contributed by atoms with van der Waals surface area (Å²) >= 11 is 0. The Morgan fingerprint density at radius 1 is 1.19 bits per heavy atom. The molecule has 1 amide bonds. The molecule has 144 valence electrons. The maximum absolute atomic E-state index is 14.0. The predicted octanol–water partition coefficient (Wildman–Crippen LogP) is 4.16. The van der Waals surface area contributed by atoms with E-state index in [0.29, 0.717) is 11.3 Å². The summed E-state index contributed by atoms with van der Waals surface area (Å²) in [5, 5.41) is 0. The van der Waals surface area contributed by atoms with Crippen molar-refractivity contribution in [2.45, 2.75) is 39.3 Å². The van der Waals surface area contributed by atoms with E-state index in [1.165, 1.54) is 11.6 Å². The third kappa shape index (κ3) is 4.66. The summed E-state index contributed by atoms with van der Waals surface area (Å²) in [6.45, 7) is 6.00. The highest BCUT2D eigenvalue weighted by atomic mass is 19.1. The van der Waals surface area contributed by atoms with Crippen LogP contribution in [0.1, 0.15) is 30.9 Å². The van der Waals surface area contributed by atoms with Crippen LogP contribution in [0.4, 0.5) is 10.1 Å². The summed E-state index contributed by atoms with van der Waals surface area (Å²) in [4.78, 5) is 16.4. The number of ether oxygens (including phenoxy) is 1. The van der Waals surface area contributed by atoms with Crippen LogP contribution in [-0.2, 0) is 11.3 Å². The number of amides is 1. The Morgan fingerprint density at radius 3 is 2.41 bits per heavy atom. The van der Waals surface area contributed by atoms with Crippen molar-refractivity contribution >= 4 is 11.6 Å². The maximum Gasteiger partial charge on any atom is 0.224 e. The molecular formula is C22H27FN2O2. The number of anilines is 1. The van der Waals surface area contributed by atoms with Gasteiger partial charge >= 0.3 is 0 Å². The molecule has 0 aliphatic carbocycles. The van der Waals surface area contributed by atoms with Crippen molar-refractivity contribution in [2.75, 3.05) is 25.1 Å². The van der Waals surface area contributed by atoms with Crippen LogP contribution in [0.5, 0.6) is 5.75 Å². The number of aryl methyl sites for hydroxylation is 1. The Kier molecular flexibility index (Phi) is 6.11. The molecule has 1 aliphatic heterocycles. The van der Waals surface area contributed by atoms with E-state index in [4.69, 9.17) is 4.74 Å². The van der Waals surface area contributed by atoms with Crippen LogP contribution in [0.25, 0.3) is 0 Å². The minimum absolute atomic E-state index is 0.0353. The van der Waals surface area contributed by atoms with E-state index in [1.54, 1.807) is 31.9 Å². The number of methoxy groups -OCH3 is 1. The van der Waals surface area contributed by atoms with Gasteiger partial charge in [0.25, 0.3) is 0 Å². The van der Waals surface area contributed by atoms with Crippen LogP contribution < -0.4 is 9.64 Å². The second-order valence-electron chi connectivity index (χ2n) is 7.18.